The zero-order valence-corrected chi connectivity index (χ0v) is 18.2. The van der Waals surface area contributed by atoms with Gasteiger partial charge in [0.05, 0.1) is 10.9 Å². The van der Waals surface area contributed by atoms with Crippen molar-refractivity contribution in [1.82, 2.24) is 9.55 Å². The molecule has 7 heteroatoms. The summed E-state index contributed by atoms with van der Waals surface area (Å²) in [6, 6.07) is 15.2. The zero-order chi connectivity index (χ0) is 21.9. The van der Waals surface area contributed by atoms with E-state index in [-0.39, 0.29) is 4.90 Å². The molecule has 0 amide bonds. The van der Waals surface area contributed by atoms with E-state index in [4.69, 9.17) is 0 Å². The van der Waals surface area contributed by atoms with Gasteiger partial charge in [0.15, 0.2) is 4.90 Å². The molecule has 2 aromatic carbocycles. The standard InChI is InChI=1S/C23H26N2O4S/c1-4-5-11-20-24-22(26)21(30(28,29)19-14-12-16(2)13-15-19)23(27)25(20)17(3)18-9-7-6-8-10-18/h6-10,12-15,17,27H,4-5,11H2,1-3H3. The van der Waals surface area contributed by atoms with E-state index < -0.39 is 32.2 Å². The van der Waals surface area contributed by atoms with Crippen molar-refractivity contribution in [3.63, 3.8) is 0 Å². The van der Waals surface area contributed by atoms with E-state index in [1.165, 1.54) is 16.7 Å². The molecule has 0 aliphatic rings. The number of aromatic nitrogens is 2. The van der Waals surface area contributed by atoms with Crippen molar-refractivity contribution in [2.75, 3.05) is 0 Å². The van der Waals surface area contributed by atoms with Crippen LogP contribution in [-0.4, -0.2) is 23.1 Å². The van der Waals surface area contributed by atoms with Crippen LogP contribution < -0.4 is 5.56 Å². The summed E-state index contributed by atoms with van der Waals surface area (Å²) >= 11 is 0. The molecule has 0 radical (unpaired) electrons. The summed E-state index contributed by atoms with van der Waals surface area (Å²) in [4.78, 5) is 16.1. The topological polar surface area (TPSA) is 89.3 Å². The molecule has 3 aromatic rings. The Morgan fingerprint density at radius 3 is 2.30 bits per heavy atom. The highest BCUT2D eigenvalue weighted by molar-refractivity contribution is 7.91. The Balaban J connectivity index is 2.25. The lowest BCUT2D eigenvalue weighted by molar-refractivity contribution is 0.369. The molecule has 158 valence electrons. The average molecular weight is 427 g/mol. The van der Waals surface area contributed by atoms with Crippen molar-refractivity contribution in [2.24, 2.45) is 0 Å². The number of hydrogen-bond acceptors (Lipinski definition) is 5. The highest BCUT2D eigenvalue weighted by Gasteiger charge is 2.31. The first-order chi connectivity index (χ1) is 14.3. The van der Waals surface area contributed by atoms with Gasteiger partial charge in [0.1, 0.15) is 5.82 Å². The molecule has 30 heavy (non-hydrogen) atoms. The summed E-state index contributed by atoms with van der Waals surface area (Å²) in [6.45, 7) is 5.70. The van der Waals surface area contributed by atoms with Crippen molar-refractivity contribution < 1.29 is 13.5 Å². The van der Waals surface area contributed by atoms with Gasteiger partial charge in [-0.2, -0.15) is 4.98 Å². The van der Waals surface area contributed by atoms with Crippen LogP contribution >= 0.6 is 0 Å². The SMILES string of the molecule is CCCCc1nc(=O)c(S(=O)(=O)c2ccc(C)cc2)c(O)n1C(C)c1ccccc1. The Morgan fingerprint density at radius 1 is 1.07 bits per heavy atom. The molecule has 0 saturated carbocycles. The molecule has 0 aliphatic heterocycles. The highest BCUT2D eigenvalue weighted by Crippen LogP contribution is 2.31. The summed E-state index contributed by atoms with van der Waals surface area (Å²) in [6.07, 6.45) is 2.10. The van der Waals surface area contributed by atoms with Crippen LogP contribution in [0, 0.1) is 6.92 Å². The molecule has 0 bridgehead atoms. The number of aryl methyl sites for hydroxylation is 2. The molecule has 1 N–H and O–H groups in total. The van der Waals surface area contributed by atoms with Crippen molar-refractivity contribution in [1.29, 1.82) is 0 Å². The van der Waals surface area contributed by atoms with Gasteiger partial charge in [-0.1, -0.05) is 61.4 Å². The molecular formula is C23H26N2O4S. The van der Waals surface area contributed by atoms with E-state index in [9.17, 15) is 18.3 Å². The van der Waals surface area contributed by atoms with Crippen LogP contribution in [0.3, 0.4) is 0 Å². The number of benzene rings is 2. The average Bonchev–Trinajstić information content (AvgIpc) is 2.72. The van der Waals surface area contributed by atoms with Gasteiger partial charge < -0.3 is 5.11 Å². The number of hydrogen-bond donors (Lipinski definition) is 1. The van der Waals surface area contributed by atoms with Crippen LogP contribution in [0.4, 0.5) is 0 Å². The summed E-state index contributed by atoms with van der Waals surface area (Å²) < 4.78 is 27.9. The molecule has 1 unspecified atom stereocenters. The van der Waals surface area contributed by atoms with Gasteiger partial charge >= 0.3 is 0 Å². The molecule has 1 aromatic heterocycles. The lowest BCUT2D eigenvalue weighted by Crippen LogP contribution is -2.27. The molecule has 1 atom stereocenters. The lowest BCUT2D eigenvalue weighted by Gasteiger charge is -2.23. The van der Waals surface area contributed by atoms with Crippen LogP contribution in [-0.2, 0) is 16.3 Å². The second-order valence-electron chi connectivity index (χ2n) is 7.36. The second-order valence-corrected chi connectivity index (χ2v) is 9.25. The van der Waals surface area contributed by atoms with Crippen LogP contribution in [0.2, 0.25) is 0 Å². The first-order valence-corrected chi connectivity index (χ1v) is 11.5. The van der Waals surface area contributed by atoms with E-state index >= 15 is 0 Å². The minimum absolute atomic E-state index is 0.0532. The number of aromatic hydroxyl groups is 1. The molecule has 1 heterocycles. The predicted molar refractivity (Wildman–Crippen MR) is 116 cm³/mol. The fourth-order valence-electron chi connectivity index (χ4n) is 3.42. The predicted octanol–water partition coefficient (Wildman–Crippen LogP) is 4.04. The number of unbranched alkanes of at least 4 members (excludes halogenated alkanes) is 1. The third-order valence-electron chi connectivity index (χ3n) is 5.16. The zero-order valence-electron chi connectivity index (χ0n) is 17.4. The van der Waals surface area contributed by atoms with E-state index in [0.29, 0.717) is 12.2 Å². The molecule has 0 spiro atoms. The monoisotopic (exact) mass is 426 g/mol. The maximum atomic E-state index is 13.2. The minimum atomic E-state index is -4.24. The highest BCUT2D eigenvalue weighted by atomic mass is 32.2. The summed E-state index contributed by atoms with van der Waals surface area (Å²) in [7, 11) is -4.24. The third-order valence-corrected chi connectivity index (χ3v) is 6.94. The molecule has 6 nitrogen and oxygen atoms in total. The molecular weight excluding hydrogens is 400 g/mol. The Bertz CT molecular complexity index is 1180. The van der Waals surface area contributed by atoms with Crippen molar-refractivity contribution in [2.45, 2.75) is 55.9 Å². The normalized spacial score (nSPS) is 12.6. The van der Waals surface area contributed by atoms with E-state index in [2.05, 4.69) is 4.98 Å². The molecule has 0 aliphatic carbocycles. The minimum Gasteiger partial charge on any atom is -0.493 e. The van der Waals surface area contributed by atoms with Gasteiger partial charge in [0.2, 0.25) is 15.7 Å². The maximum Gasteiger partial charge on any atom is 0.296 e. The van der Waals surface area contributed by atoms with Gasteiger partial charge in [0, 0.05) is 6.42 Å². The lowest BCUT2D eigenvalue weighted by atomic mass is 10.1. The first kappa shape index (κ1) is 21.8. The summed E-state index contributed by atoms with van der Waals surface area (Å²) in [5.74, 6) is -0.198. The van der Waals surface area contributed by atoms with E-state index in [0.717, 1.165) is 24.0 Å². The van der Waals surface area contributed by atoms with E-state index in [1.807, 2.05) is 51.1 Å². The Hall–Kier alpha value is -2.93. The van der Waals surface area contributed by atoms with Crippen LogP contribution in [0.15, 0.2) is 69.2 Å². The van der Waals surface area contributed by atoms with Gasteiger partial charge in [-0.05, 0) is 38.0 Å². The van der Waals surface area contributed by atoms with E-state index in [1.54, 1.807) is 12.1 Å². The largest absolute Gasteiger partial charge is 0.493 e. The van der Waals surface area contributed by atoms with Gasteiger partial charge in [-0.3, -0.25) is 9.36 Å². The molecule has 3 rings (SSSR count). The maximum absolute atomic E-state index is 13.2. The summed E-state index contributed by atoms with van der Waals surface area (Å²) in [5, 5.41) is 11.1. The van der Waals surface area contributed by atoms with Crippen LogP contribution in [0.25, 0.3) is 0 Å². The van der Waals surface area contributed by atoms with Gasteiger partial charge in [-0.25, -0.2) is 8.42 Å². The first-order valence-electron chi connectivity index (χ1n) is 9.98. The van der Waals surface area contributed by atoms with Crippen molar-refractivity contribution >= 4 is 9.84 Å². The Labute approximate surface area is 176 Å². The smallest absolute Gasteiger partial charge is 0.296 e. The van der Waals surface area contributed by atoms with Crippen LogP contribution in [0.5, 0.6) is 5.88 Å². The Morgan fingerprint density at radius 2 is 1.70 bits per heavy atom. The summed E-state index contributed by atoms with van der Waals surface area (Å²) in [5.41, 5.74) is 0.826. The van der Waals surface area contributed by atoms with Gasteiger partial charge in [0.25, 0.3) is 5.56 Å². The number of rotatable bonds is 7. The second kappa shape index (κ2) is 8.83. The fourth-order valence-corrected chi connectivity index (χ4v) is 4.76. The number of sulfone groups is 1. The Kier molecular flexibility index (Phi) is 6.41. The van der Waals surface area contributed by atoms with Crippen molar-refractivity contribution in [3.05, 3.63) is 81.9 Å². The van der Waals surface area contributed by atoms with Crippen molar-refractivity contribution in [3.8, 4) is 5.88 Å². The number of nitrogens with zero attached hydrogens (tertiary/aromatic N) is 2. The van der Waals surface area contributed by atoms with Crippen LogP contribution in [0.1, 0.15) is 49.7 Å². The fraction of sp³-hybridized carbons (Fsp3) is 0.304. The van der Waals surface area contributed by atoms with Gasteiger partial charge in [-0.15, -0.1) is 0 Å². The molecule has 0 saturated heterocycles. The molecule has 0 fully saturated rings. The quantitative estimate of drug-likeness (QED) is 0.616. The third kappa shape index (κ3) is 4.16.